The molecule has 36 heavy (non-hydrogen) atoms. The number of carbonyl (C=O) groups excluding carboxylic acids is 1. The van der Waals surface area contributed by atoms with Crippen LogP contribution in [0.1, 0.15) is 67.1 Å². The molecule has 2 heterocycles. The molecule has 3 aromatic rings. The van der Waals surface area contributed by atoms with E-state index in [0.717, 1.165) is 37.3 Å². The summed E-state index contributed by atoms with van der Waals surface area (Å²) < 4.78 is 29.4. The quantitative estimate of drug-likeness (QED) is 0.415. The molecule has 0 radical (unpaired) electrons. The summed E-state index contributed by atoms with van der Waals surface area (Å²) in [5, 5.41) is 3.37. The number of benzene rings is 1. The van der Waals surface area contributed by atoms with Gasteiger partial charge in [-0.3, -0.25) is 9.78 Å². The van der Waals surface area contributed by atoms with Crippen LogP contribution in [0.2, 0.25) is 0 Å². The van der Waals surface area contributed by atoms with E-state index in [4.69, 9.17) is 5.73 Å². The molecule has 190 valence electrons. The van der Waals surface area contributed by atoms with E-state index in [-0.39, 0.29) is 28.9 Å². The van der Waals surface area contributed by atoms with E-state index in [1.165, 1.54) is 12.1 Å². The highest BCUT2D eigenvalue weighted by molar-refractivity contribution is 7.28. The number of aromatic nitrogens is 2. The average molecular weight is 511 g/mol. The molecule has 5 atom stereocenters. The predicted molar refractivity (Wildman–Crippen MR) is 143 cm³/mol. The van der Waals surface area contributed by atoms with Crippen molar-refractivity contribution in [3.8, 4) is 11.3 Å². The summed E-state index contributed by atoms with van der Waals surface area (Å²) in [6, 6.07) is 7.50. The smallest absolute Gasteiger partial charge is 0.274 e. The number of aryl methyl sites for hydroxylation is 1. The lowest BCUT2D eigenvalue weighted by atomic mass is 9.68. The van der Waals surface area contributed by atoms with Gasteiger partial charge in [-0.1, -0.05) is 26.3 Å². The molecule has 0 spiro atoms. The van der Waals surface area contributed by atoms with E-state index in [1.807, 2.05) is 6.07 Å². The van der Waals surface area contributed by atoms with Crippen LogP contribution >= 0.6 is 9.24 Å². The van der Waals surface area contributed by atoms with Gasteiger partial charge in [-0.25, -0.2) is 13.8 Å². The molecule has 1 aliphatic rings. The molecule has 1 aliphatic carbocycles. The third-order valence-electron chi connectivity index (χ3n) is 7.24. The molecule has 0 aliphatic heterocycles. The number of nitrogens with one attached hydrogen (secondary N) is 1. The van der Waals surface area contributed by atoms with Crippen LogP contribution in [-0.4, -0.2) is 21.9 Å². The van der Waals surface area contributed by atoms with Crippen LogP contribution in [-0.2, 0) is 0 Å². The van der Waals surface area contributed by atoms with E-state index >= 15 is 0 Å². The van der Waals surface area contributed by atoms with Gasteiger partial charge in [-0.2, -0.15) is 0 Å². The van der Waals surface area contributed by atoms with E-state index in [0.29, 0.717) is 28.4 Å². The first-order chi connectivity index (χ1) is 17.2. The minimum absolute atomic E-state index is 0.0118. The van der Waals surface area contributed by atoms with Crippen molar-refractivity contribution in [1.29, 1.82) is 0 Å². The van der Waals surface area contributed by atoms with Gasteiger partial charge in [0.2, 0.25) is 0 Å². The van der Waals surface area contributed by atoms with Gasteiger partial charge in [0.05, 0.1) is 11.9 Å². The molecule has 1 unspecified atom stereocenters. The number of hydrogen-bond donors (Lipinski definition) is 2. The normalized spacial score (nSPS) is 21.9. The second-order valence-corrected chi connectivity index (χ2v) is 10.5. The standard InChI is InChI=1S/C28H33F2N4OP/c1-4-5-18-16(3)12-17(13-22(18)31)19-8-9-32-14-24(19)34-28(35)23-7-6-20(29)27(33-23)26-21(30)10-15(2)11-25(26)36/h6-11,14,16-18,22H,4-5,12-13,31,36H2,1-3H3,(H,34,35)/t16-,17+,18-,22+/m0/s1. The summed E-state index contributed by atoms with van der Waals surface area (Å²) in [5.41, 5.74) is 8.64. The number of nitrogens with two attached hydrogens (primary N) is 1. The van der Waals surface area contributed by atoms with Crippen molar-refractivity contribution in [3.63, 3.8) is 0 Å². The zero-order valence-electron chi connectivity index (χ0n) is 20.9. The van der Waals surface area contributed by atoms with E-state index < -0.39 is 17.5 Å². The van der Waals surface area contributed by atoms with Gasteiger partial charge in [0.25, 0.3) is 5.91 Å². The fourth-order valence-corrected chi connectivity index (χ4v) is 6.08. The highest BCUT2D eigenvalue weighted by Gasteiger charge is 2.34. The first kappa shape index (κ1) is 26.3. The van der Waals surface area contributed by atoms with Crippen LogP contribution in [0.3, 0.4) is 0 Å². The maximum atomic E-state index is 14.7. The van der Waals surface area contributed by atoms with E-state index in [2.05, 4.69) is 38.4 Å². The Morgan fingerprint density at radius 2 is 1.97 bits per heavy atom. The van der Waals surface area contributed by atoms with Gasteiger partial charge in [0, 0.05) is 17.8 Å². The van der Waals surface area contributed by atoms with Crippen LogP contribution in [0.15, 0.2) is 42.7 Å². The fourth-order valence-electron chi connectivity index (χ4n) is 5.55. The van der Waals surface area contributed by atoms with Crippen LogP contribution in [0.4, 0.5) is 14.5 Å². The summed E-state index contributed by atoms with van der Waals surface area (Å²) in [5.74, 6) is -0.645. The summed E-state index contributed by atoms with van der Waals surface area (Å²) >= 11 is 0. The van der Waals surface area contributed by atoms with Gasteiger partial charge in [-0.05, 0) is 84.6 Å². The second kappa shape index (κ2) is 11.1. The van der Waals surface area contributed by atoms with E-state index in [1.54, 1.807) is 25.4 Å². The fraction of sp³-hybridized carbons (Fsp3) is 0.393. The van der Waals surface area contributed by atoms with Crippen LogP contribution in [0, 0.1) is 30.4 Å². The second-order valence-electron chi connectivity index (χ2n) is 9.92. The average Bonchev–Trinajstić information content (AvgIpc) is 2.82. The zero-order chi connectivity index (χ0) is 26.0. The monoisotopic (exact) mass is 510 g/mol. The van der Waals surface area contributed by atoms with Crippen LogP contribution < -0.4 is 16.4 Å². The molecule has 0 bridgehead atoms. The summed E-state index contributed by atoms with van der Waals surface area (Å²) in [6.45, 7) is 6.19. The largest absolute Gasteiger partial charge is 0.327 e. The summed E-state index contributed by atoms with van der Waals surface area (Å²) in [6.07, 6.45) is 7.38. The Kier molecular flexibility index (Phi) is 8.11. The Labute approximate surface area is 213 Å². The van der Waals surface area contributed by atoms with Crippen molar-refractivity contribution in [2.24, 2.45) is 17.6 Å². The number of nitrogens with zero attached hydrogens (tertiary/aromatic N) is 2. The Bertz CT molecular complexity index is 1230. The molecule has 8 heteroatoms. The molecule has 1 fully saturated rings. The van der Waals surface area contributed by atoms with E-state index in [9.17, 15) is 13.6 Å². The zero-order valence-corrected chi connectivity index (χ0v) is 22.0. The molecule has 1 aromatic carbocycles. The third kappa shape index (κ3) is 5.47. The molecular weight excluding hydrogens is 477 g/mol. The van der Waals surface area contributed by atoms with Gasteiger partial charge in [0.15, 0.2) is 0 Å². The number of anilines is 1. The molecule has 3 N–H and O–H groups in total. The molecular formula is C28H33F2N4OP. The Morgan fingerprint density at radius 3 is 2.67 bits per heavy atom. The van der Waals surface area contributed by atoms with Gasteiger partial charge >= 0.3 is 0 Å². The summed E-state index contributed by atoms with van der Waals surface area (Å²) in [7, 11) is 2.41. The molecule has 1 saturated carbocycles. The molecule has 5 nitrogen and oxygen atoms in total. The Balaban J connectivity index is 1.60. The SMILES string of the molecule is CCC[C@@H]1[C@H](N)C[C@H](c2ccncc2NC(=O)c2ccc(F)c(-c3c(F)cc(C)cc3P)n2)C[C@@H]1C. The number of carbonyl (C=O) groups is 1. The number of pyridine rings is 2. The molecule has 0 saturated heterocycles. The topological polar surface area (TPSA) is 80.9 Å². The first-order valence-corrected chi connectivity index (χ1v) is 13.0. The lowest BCUT2D eigenvalue weighted by Gasteiger charge is -2.39. The van der Waals surface area contributed by atoms with Gasteiger partial charge in [0.1, 0.15) is 23.0 Å². The van der Waals surface area contributed by atoms with Crippen molar-refractivity contribution in [3.05, 3.63) is 71.2 Å². The number of rotatable bonds is 6. The maximum absolute atomic E-state index is 14.7. The molecule has 4 rings (SSSR count). The molecule has 1 amide bonds. The summed E-state index contributed by atoms with van der Waals surface area (Å²) in [4.78, 5) is 21.6. The van der Waals surface area contributed by atoms with Crippen molar-refractivity contribution in [2.45, 2.75) is 58.4 Å². The van der Waals surface area contributed by atoms with Gasteiger partial charge in [-0.15, -0.1) is 9.24 Å². The van der Waals surface area contributed by atoms with Gasteiger partial charge < -0.3 is 11.1 Å². The highest BCUT2D eigenvalue weighted by Crippen LogP contribution is 2.42. The van der Waals surface area contributed by atoms with Crippen molar-refractivity contribution >= 4 is 26.1 Å². The third-order valence-corrected chi connectivity index (χ3v) is 7.69. The molecule has 2 aromatic heterocycles. The van der Waals surface area contributed by atoms with Crippen LogP contribution in [0.25, 0.3) is 11.3 Å². The maximum Gasteiger partial charge on any atom is 0.274 e. The number of amides is 1. The predicted octanol–water partition coefficient (Wildman–Crippen LogP) is 5.74. The van der Waals surface area contributed by atoms with Crippen molar-refractivity contribution in [2.75, 3.05) is 5.32 Å². The lowest BCUT2D eigenvalue weighted by Crippen LogP contribution is -2.40. The van der Waals surface area contributed by atoms with Crippen LogP contribution in [0.5, 0.6) is 0 Å². The van der Waals surface area contributed by atoms with Crippen molar-refractivity contribution in [1.82, 2.24) is 9.97 Å². The van der Waals surface area contributed by atoms with Crippen molar-refractivity contribution < 1.29 is 13.6 Å². The minimum atomic E-state index is -0.702. The number of halogens is 2. The Hall–Kier alpha value is -2.76. The highest BCUT2D eigenvalue weighted by atomic mass is 31.0. The lowest BCUT2D eigenvalue weighted by molar-refractivity contribution is 0.102. The number of hydrogen-bond acceptors (Lipinski definition) is 4. The first-order valence-electron chi connectivity index (χ1n) is 12.4. The Morgan fingerprint density at radius 1 is 1.19 bits per heavy atom. The minimum Gasteiger partial charge on any atom is -0.327 e.